The van der Waals surface area contributed by atoms with Crippen LogP contribution in [-0.4, -0.2) is 28.8 Å². The van der Waals surface area contributed by atoms with Crippen molar-refractivity contribution < 1.29 is 4.79 Å². The highest BCUT2D eigenvalue weighted by molar-refractivity contribution is 6.30. The summed E-state index contributed by atoms with van der Waals surface area (Å²) in [6.45, 7) is 0. The molecule has 0 radical (unpaired) electrons. The number of hydrogen-bond donors (Lipinski definition) is 1. The van der Waals surface area contributed by atoms with Crippen LogP contribution in [0.2, 0.25) is 5.02 Å². The van der Waals surface area contributed by atoms with Crippen LogP contribution in [-0.2, 0) is 23.2 Å². The fourth-order valence-corrected chi connectivity index (χ4v) is 5.10. The van der Waals surface area contributed by atoms with E-state index in [1.807, 2.05) is 36.5 Å². The quantitative estimate of drug-likeness (QED) is 0.677. The molecule has 0 fully saturated rings. The SMILES string of the molecule is CN1C(=O)C2(N=C1N)c1cc(-c3cccc(Cl)c3)ccc1CC[C@H]2Cc1cccnc1. The molecule has 31 heavy (non-hydrogen) atoms. The third kappa shape index (κ3) is 3.20. The number of guanidine groups is 1. The number of pyridine rings is 1. The number of aromatic nitrogens is 1. The zero-order valence-electron chi connectivity index (χ0n) is 17.3. The Balaban J connectivity index is 1.67. The Bertz CT molecular complexity index is 1190. The summed E-state index contributed by atoms with van der Waals surface area (Å²) < 4.78 is 0. The molecule has 2 heterocycles. The zero-order valence-corrected chi connectivity index (χ0v) is 18.0. The number of halogens is 1. The smallest absolute Gasteiger partial charge is 0.261 e. The van der Waals surface area contributed by atoms with E-state index < -0.39 is 5.54 Å². The largest absolute Gasteiger partial charge is 0.369 e. The van der Waals surface area contributed by atoms with E-state index in [0.717, 1.165) is 40.7 Å². The van der Waals surface area contributed by atoms with Gasteiger partial charge in [0, 0.05) is 30.4 Å². The first-order valence-corrected chi connectivity index (χ1v) is 10.8. The lowest BCUT2D eigenvalue weighted by Crippen LogP contribution is -2.48. The molecule has 2 N–H and O–H groups in total. The molecule has 1 aliphatic heterocycles. The number of aliphatic imine (C=N–C) groups is 1. The molecule has 1 unspecified atom stereocenters. The second-order valence-electron chi connectivity index (χ2n) is 8.28. The molecule has 1 spiro atoms. The molecule has 1 amide bonds. The first kappa shape index (κ1) is 19.8. The maximum Gasteiger partial charge on any atom is 0.261 e. The predicted molar refractivity (Wildman–Crippen MR) is 123 cm³/mol. The van der Waals surface area contributed by atoms with E-state index in [1.54, 1.807) is 13.2 Å². The van der Waals surface area contributed by atoms with Crippen LogP contribution in [0.5, 0.6) is 0 Å². The standard InChI is InChI=1S/C25H23ClN4O/c1-30-23(31)25(29-24(30)27)20(12-16-4-3-11-28-15-16)10-9-17-7-8-19(14-22(17)25)18-5-2-6-21(26)13-18/h2-8,11,13-15,20H,9-10,12H2,1H3,(H2,27,29)/t20-,25?/m0/s1. The molecule has 2 aliphatic rings. The van der Waals surface area contributed by atoms with E-state index in [2.05, 4.69) is 29.2 Å². The van der Waals surface area contributed by atoms with Gasteiger partial charge in [-0.1, -0.05) is 41.9 Å². The van der Waals surface area contributed by atoms with Gasteiger partial charge in [0.25, 0.3) is 5.91 Å². The Morgan fingerprint density at radius 2 is 2.00 bits per heavy atom. The normalized spacial score (nSPS) is 22.5. The molecule has 1 aliphatic carbocycles. The van der Waals surface area contributed by atoms with Crippen LogP contribution in [0, 0.1) is 5.92 Å². The molecule has 3 aromatic rings. The van der Waals surface area contributed by atoms with Crippen LogP contribution < -0.4 is 5.73 Å². The van der Waals surface area contributed by atoms with Gasteiger partial charge in [0.2, 0.25) is 0 Å². The maximum atomic E-state index is 13.7. The van der Waals surface area contributed by atoms with Crippen LogP contribution in [0.25, 0.3) is 11.1 Å². The van der Waals surface area contributed by atoms with Crippen LogP contribution in [0.1, 0.15) is 23.1 Å². The fourth-order valence-electron chi connectivity index (χ4n) is 4.91. The molecule has 5 nitrogen and oxygen atoms in total. The number of amides is 1. The summed E-state index contributed by atoms with van der Waals surface area (Å²) in [6.07, 6.45) is 6.09. The van der Waals surface area contributed by atoms with Crippen molar-refractivity contribution >= 4 is 23.5 Å². The van der Waals surface area contributed by atoms with E-state index in [4.69, 9.17) is 22.3 Å². The summed E-state index contributed by atoms with van der Waals surface area (Å²) in [5, 5.41) is 0.679. The van der Waals surface area contributed by atoms with Crippen LogP contribution >= 0.6 is 11.6 Å². The minimum atomic E-state index is -1.02. The number of nitrogens with zero attached hydrogens (tertiary/aromatic N) is 3. The highest BCUT2D eigenvalue weighted by atomic mass is 35.5. The first-order valence-electron chi connectivity index (χ1n) is 10.4. The number of benzene rings is 2. The van der Waals surface area contributed by atoms with E-state index in [1.165, 1.54) is 4.90 Å². The number of carbonyl (C=O) groups excluding carboxylic acids is 1. The lowest BCUT2D eigenvalue weighted by Gasteiger charge is -2.39. The lowest BCUT2D eigenvalue weighted by molar-refractivity contribution is -0.133. The third-order valence-electron chi connectivity index (χ3n) is 6.50. The minimum Gasteiger partial charge on any atom is -0.369 e. The zero-order chi connectivity index (χ0) is 21.6. The van der Waals surface area contributed by atoms with E-state index in [0.29, 0.717) is 11.4 Å². The van der Waals surface area contributed by atoms with Crippen LogP contribution in [0.4, 0.5) is 0 Å². The van der Waals surface area contributed by atoms with Gasteiger partial charge in [-0.3, -0.25) is 14.7 Å². The topological polar surface area (TPSA) is 71.6 Å². The summed E-state index contributed by atoms with van der Waals surface area (Å²) in [5.41, 5.74) is 10.4. The molecule has 0 saturated carbocycles. The molecular weight excluding hydrogens is 408 g/mol. The number of rotatable bonds is 3. The van der Waals surface area contributed by atoms with Crippen molar-refractivity contribution in [2.45, 2.75) is 24.8 Å². The maximum absolute atomic E-state index is 13.7. The highest BCUT2D eigenvalue weighted by Gasteiger charge is 2.55. The predicted octanol–water partition coefficient (Wildman–Crippen LogP) is 4.19. The van der Waals surface area contributed by atoms with Gasteiger partial charge in [0.15, 0.2) is 11.5 Å². The van der Waals surface area contributed by atoms with E-state index in [-0.39, 0.29) is 17.8 Å². The molecule has 2 aromatic carbocycles. The van der Waals surface area contributed by atoms with Gasteiger partial charge in [-0.2, -0.15) is 0 Å². The second-order valence-corrected chi connectivity index (χ2v) is 8.72. The Labute approximate surface area is 186 Å². The van der Waals surface area contributed by atoms with Crippen molar-refractivity contribution in [2.24, 2.45) is 16.6 Å². The number of carbonyl (C=O) groups is 1. The van der Waals surface area contributed by atoms with Crippen molar-refractivity contribution in [2.75, 3.05) is 7.05 Å². The average molecular weight is 431 g/mol. The van der Waals surface area contributed by atoms with Crippen molar-refractivity contribution in [3.63, 3.8) is 0 Å². The summed E-state index contributed by atoms with van der Waals surface area (Å²) in [6, 6.07) is 18.0. The van der Waals surface area contributed by atoms with Crippen LogP contribution in [0.15, 0.2) is 72.0 Å². The van der Waals surface area contributed by atoms with Crippen molar-refractivity contribution in [1.29, 1.82) is 0 Å². The number of hydrogen-bond acceptors (Lipinski definition) is 4. The highest BCUT2D eigenvalue weighted by Crippen LogP contribution is 2.48. The average Bonchev–Trinajstić information content (AvgIpc) is 3.01. The third-order valence-corrected chi connectivity index (χ3v) is 6.74. The number of likely N-dealkylation sites (N-methyl/N-ethyl adjacent to an activating group) is 1. The molecule has 5 rings (SSSR count). The van der Waals surface area contributed by atoms with Crippen LogP contribution in [0.3, 0.4) is 0 Å². The Morgan fingerprint density at radius 1 is 1.16 bits per heavy atom. The van der Waals surface area contributed by atoms with Gasteiger partial charge in [-0.15, -0.1) is 0 Å². The lowest BCUT2D eigenvalue weighted by atomic mass is 9.66. The molecule has 156 valence electrons. The number of fused-ring (bicyclic) bond motifs is 2. The molecule has 0 saturated heterocycles. The minimum absolute atomic E-state index is 0.00480. The number of nitrogens with two attached hydrogens (primary N) is 1. The molecule has 2 atom stereocenters. The van der Waals surface area contributed by atoms with Gasteiger partial charge in [0.05, 0.1) is 0 Å². The number of aryl methyl sites for hydroxylation is 1. The molecule has 6 heteroatoms. The second kappa shape index (κ2) is 7.50. The van der Waals surface area contributed by atoms with Gasteiger partial charge >= 0.3 is 0 Å². The van der Waals surface area contributed by atoms with E-state index in [9.17, 15) is 4.79 Å². The fraction of sp³-hybridized carbons (Fsp3) is 0.240. The summed E-state index contributed by atoms with van der Waals surface area (Å²) in [5.74, 6) is 0.195. The van der Waals surface area contributed by atoms with Crippen molar-refractivity contribution in [3.05, 3.63) is 88.7 Å². The summed E-state index contributed by atoms with van der Waals surface area (Å²) in [4.78, 5) is 24.2. The van der Waals surface area contributed by atoms with Crippen molar-refractivity contribution in [3.8, 4) is 11.1 Å². The monoisotopic (exact) mass is 430 g/mol. The van der Waals surface area contributed by atoms with Gasteiger partial charge in [-0.25, -0.2) is 4.99 Å². The Morgan fingerprint density at radius 3 is 2.71 bits per heavy atom. The Kier molecular flexibility index (Phi) is 4.78. The van der Waals surface area contributed by atoms with Crippen molar-refractivity contribution in [1.82, 2.24) is 9.88 Å². The van der Waals surface area contributed by atoms with Gasteiger partial charge in [0.1, 0.15) is 0 Å². The summed E-state index contributed by atoms with van der Waals surface area (Å²) >= 11 is 6.23. The Hall–Kier alpha value is -3.18. The summed E-state index contributed by atoms with van der Waals surface area (Å²) in [7, 11) is 1.70. The molecule has 1 aromatic heterocycles. The molecule has 0 bridgehead atoms. The first-order chi connectivity index (χ1) is 15.0. The van der Waals surface area contributed by atoms with Gasteiger partial charge in [-0.05, 0) is 71.3 Å². The molecular formula is C25H23ClN4O. The van der Waals surface area contributed by atoms with Gasteiger partial charge < -0.3 is 5.73 Å². The van der Waals surface area contributed by atoms with E-state index >= 15 is 0 Å².